The van der Waals surface area contributed by atoms with Gasteiger partial charge in [0, 0.05) is 11.5 Å². The van der Waals surface area contributed by atoms with E-state index < -0.39 is 0 Å². The van der Waals surface area contributed by atoms with E-state index in [1.54, 1.807) is 0 Å². The highest BCUT2D eigenvalue weighted by atomic mass is 32.2. The zero-order chi connectivity index (χ0) is 24.2. The predicted octanol–water partition coefficient (Wildman–Crippen LogP) is 6.67. The summed E-state index contributed by atoms with van der Waals surface area (Å²) in [6.45, 7) is 7.84. The van der Waals surface area contributed by atoms with Crippen LogP contribution in [-0.2, 0) is 9.59 Å². The van der Waals surface area contributed by atoms with Crippen molar-refractivity contribution in [3.8, 4) is 33.8 Å². The summed E-state index contributed by atoms with van der Waals surface area (Å²) in [6, 6.07) is 24.3. The third kappa shape index (κ3) is 7.97. The molecular weight excluding hydrogens is 464 g/mol. The quantitative estimate of drug-likeness (QED) is 0.209. The highest BCUT2D eigenvalue weighted by Crippen LogP contribution is 2.27. The summed E-state index contributed by atoms with van der Waals surface area (Å²) in [5.41, 5.74) is 4.45. The molecule has 0 N–H and O–H groups in total. The fraction of sp³-hybridized carbons (Fsp3) is 0.143. The maximum atomic E-state index is 11.2. The molecule has 0 fully saturated rings. The predicted molar refractivity (Wildman–Crippen MR) is 144 cm³/mol. The van der Waals surface area contributed by atoms with E-state index in [1.165, 1.54) is 35.7 Å². The number of rotatable bonds is 12. The molecule has 4 nitrogen and oxygen atoms in total. The third-order valence-corrected chi connectivity index (χ3v) is 6.43. The van der Waals surface area contributed by atoms with Gasteiger partial charge in [0.2, 0.25) is 10.2 Å². The van der Waals surface area contributed by atoms with Crippen molar-refractivity contribution >= 4 is 33.8 Å². The normalized spacial score (nSPS) is 10.4. The molecule has 0 heterocycles. The van der Waals surface area contributed by atoms with Gasteiger partial charge in [-0.3, -0.25) is 9.59 Å². The molecule has 3 rings (SSSR count). The number of thioether (sulfide) groups is 2. The number of hydrogen-bond acceptors (Lipinski definition) is 6. The summed E-state index contributed by atoms with van der Waals surface area (Å²) < 4.78 is 11.4. The first kappa shape index (κ1) is 25.4. The number of ether oxygens (including phenoxy) is 2. The number of hydrogen-bond donors (Lipinski definition) is 0. The topological polar surface area (TPSA) is 52.6 Å². The van der Waals surface area contributed by atoms with Crippen LogP contribution in [0, 0.1) is 0 Å². The summed E-state index contributed by atoms with van der Waals surface area (Å²) in [4.78, 5) is 22.4. The van der Waals surface area contributed by atoms with E-state index in [0.717, 1.165) is 33.8 Å². The highest BCUT2D eigenvalue weighted by Gasteiger charge is 2.04. The molecule has 6 heteroatoms. The van der Waals surface area contributed by atoms with Crippen LogP contribution in [0.3, 0.4) is 0 Å². The minimum atomic E-state index is -0.0421. The largest absolute Gasteiger partial charge is 0.493 e. The van der Waals surface area contributed by atoms with E-state index in [9.17, 15) is 9.59 Å². The number of carbonyl (C=O) groups is 2. The highest BCUT2D eigenvalue weighted by molar-refractivity contribution is 8.14. The zero-order valence-corrected chi connectivity index (χ0v) is 20.4. The van der Waals surface area contributed by atoms with Crippen LogP contribution < -0.4 is 9.47 Å². The van der Waals surface area contributed by atoms with Crippen molar-refractivity contribution in [2.45, 2.75) is 0 Å². The van der Waals surface area contributed by atoms with Gasteiger partial charge in [-0.2, -0.15) is 0 Å². The second-order valence-electron chi connectivity index (χ2n) is 7.07. The Kier molecular flexibility index (Phi) is 10.1. The van der Waals surface area contributed by atoms with Crippen LogP contribution in [0.1, 0.15) is 0 Å². The molecule has 0 radical (unpaired) electrons. The standard InChI is InChI=1S/C28H26O4S2/c1-3-27(29)33-19-17-31-25-13-9-23(10-14-25)21-5-7-22(8-6-21)24-11-15-26(16-12-24)32-18-20-34-28(30)4-2/h3-16H,1-2,17-20H2. The van der Waals surface area contributed by atoms with Crippen molar-refractivity contribution in [2.24, 2.45) is 0 Å². The van der Waals surface area contributed by atoms with E-state index in [2.05, 4.69) is 37.4 Å². The smallest absolute Gasteiger partial charge is 0.211 e. The molecule has 174 valence electrons. The van der Waals surface area contributed by atoms with Crippen LogP contribution in [0.4, 0.5) is 0 Å². The summed E-state index contributed by atoms with van der Waals surface area (Å²) in [5.74, 6) is 2.74. The van der Waals surface area contributed by atoms with E-state index in [-0.39, 0.29) is 10.2 Å². The molecule has 3 aromatic rings. The van der Waals surface area contributed by atoms with Gasteiger partial charge in [0.1, 0.15) is 11.5 Å². The van der Waals surface area contributed by atoms with Gasteiger partial charge in [-0.25, -0.2) is 0 Å². The van der Waals surface area contributed by atoms with Gasteiger partial charge in [0.15, 0.2) is 0 Å². The molecule has 0 amide bonds. The van der Waals surface area contributed by atoms with Crippen LogP contribution >= 0.6 is 23.5 Å². The summed E-state index contributed by atoms with van der Waals surface area (Å²) in [6.07, 6.45) is 2.62. The molecule has 34 heavy (non-hydrogen) atoms. The first-order valence-corrected chi connectivity index (χ1v) is 12.7. The Morgan fingerprint density at radius 2 is 0.882 bits per heavy atom. The molecule has 0 bridgehead atoms. The Morgan fingerprint density at radius 1 is 0.588 bits per heavy atom. The van der Waals surface area contributed by atoms with E-state index >= 15 is 0 Å². The van der Waals surface area contributed by atoms with Gasteiger partial charge >= 0.3 is 0 Å². The van der Waals surface area contributed by atoms with E-state index in [1.807, 2.05) is 48.5 Å². The minimum Gasteiger partial charge on any atom is -0.493 e. The molecule has 0 saturated heterocycles. The average molecular weight is 491 g/mol. The van der Waals surface area contributed by atoms with E-state index in [0.29, 0.717) is 24.7 Å². The first-order valence-electron chi connectivity index (χ1n) is 10.7. The molecule has 0 aliphatic heterocycles. The van der Waals surface area contributed by atoms with Gasteiger partial charge in [0.25, 0.3) is 0 Å². The SMILES string of the molecule is C=CC(=O)SCCOc1ccc(-c2ccc(-c3ccc(OCCSC(=O)C=C)cc3)cc2)cc1. The van der Waals surface area contributed by atoms with Crippen LogP contribution in [-0.4, -0.2) is 35.0 Å². The Hall–Kier alpha value is -3.22. The third-order valence-electron chi connectivity index (χ3n) is 4.79. The lowest BCUT2D eigenvalue weighted by Gasteiger charge is -2.09. The van der Waals surface area contributed by atoms with Crippen LogP contribution in [0.5, 0.6) is 11.5 Å². The Morgan fingerprint density at radius 3 is 1.18 bits per heavy atom. The second-order valence-corrected chi connectivity index (χ2v) is 9.26. The van der Waals surface area contributed by atoms with Crippen molar-refractivity contribution in [3.05, 3.63) is 98.1 Å². The van der Waals surface area contributed by atoms with Gasteiger partial charge in [-0.1, -0.05) is 85.2 Å². The lowest BCUT2D eigenvalue weighted by atomic mass is 10.0. The monoisotopic (exact) mass is 490 g/mol. The van der Waals surface area contributed by atoms with Crippen LogP contribution in [0.15, 0.2) is 98.1 Å². The van der Waals surface area contributed by atoms with Crippen LogP contribution in [0.2, 0.25) is 0 Å². The molecular formula is C28H26O4S2. The molecule has 0 saturated carbocycles. The average Bonchev–Trinajstić information content (AvgIpc) is 2.89. The molecule has 0 aliphatic rings. The lowest BCUT2D eigenvalue weighted by Crippen LogP contribution is -2.01. The van der Waals surface area contributed by atoms with Gasteiger partial charge in [0.05, 0.1) is 13.2 Å². The summed E-state index contributed by atoms with van der Waals surface area (Å²) in [5, 5.41) is -0.0843. The lowest BCUT2D eigenvalue weighted by molar-refractivity contribution is -0.107. The molecule has 3 aromatic carbocycles. The molecule has 0 aromatic heterocycles. The fourth-order valence-corrected chi connectivity index (χ4v) is 4.04. The second kappa shape index (κ2) is 13.5. The van der Waals surface area contributed by atoms with Gasteiger partial charge in [-0.05, 0) is 58.7 Å². The van der Waals surface area contributed by atoms with Gasteiger partial charge < -0.3 is 9.47 Å². The first-order chi connectivity index (χ1) is 16.6. The number of benzene rings is 3. The Bertz CT molecular complexity index is 1010. The maximum Gasteiger partial charge on any atom is 0.211 e. The van der Waals surface area contributed by atoms with E-state index in [4.69, 9.17) is 9.47 Å². The molecule has 0 unspecified atom stereocenters. The van der Waals surface area contributed by atoms with Crippen molar-refractivity contribution < 1.29 is 19.1 Å². The molecule has 0 aliphatic carbocycles. The van der Waals surface area contributed by atoms with Crippen molar-refractivity contribution in [1.82, 2.24) is 0 Å². The summed E-state index contributed by atoms with van der Waals surface area (Å²) in [7, 11) is 0. The van der Waals surface area contributed by atoms with Crippen LogP contribution in [0.25, 0.3) is 22.3 Å². The zero-order valence-electron chi connectivity index (χ0n) is 18.8. The molecule has 0 spiro atoms. The molecule has 0 atom stereocenters. The Labute approximate surface area is 209 Å². The minimum absolute atomic E-state index is 0.0421. The van der Waals surface area contributed by atoms with Gasteiger partial charge in [-0.15, -0.1) is 0 Å². The van der Waals surface area contributed by atoms with Crippen molar-refractivity contribution in [3.63, 3.8) is 0 Å². The Balaban J connectivity index is 1.51. The van der Waals surface area contributed by atoms with Crippen molar-refractivity contribution in [2.75, 3.05) is 24.7 Å². The summed E-state index contributed by atoms with van der Waals surface area (Å²) >= 11 is 2.40. The maximum absolute atomic E-state index is 11.2. The fourth-order valence-electron chi connectivity index (χ4n) is 3.06. The van der Waals surface area contributed by atoms with Crippen molar-refractivity contribution in [1.29, 1.82) is 0 Å². The number of carbonyl (C=O) groups excluding carboxylic acids is 2.